The SMILES string of the molecule is CCS(=O)(=O)c1ccc(CNC(=O)c2ccc(OC(F)F)c(C(=O)O)c2)cc1. The Balaban J connectivity index is 2.11. The van der Waals surface area contributed by atoms with Crippen LogP contribution in [0.25, 0.3) is 0 Å². The van der Waals surface area contributed by atoms with Gasteiger partial charge in [0.05, 0.1) is 10.6 Å². The smallest absolute Gasteiger partial charge is 0.387 e. The van der Waals surface area contributed by atoms with E-state index in [0.717, 1.165) is 18.2 Å². The highest BCUT2D eigenvalue weighted by Gasteiger charge is 2.18. The van der Waals surface area contributed by atoms with Crippen LogP contribution in [0.4, 0.5) is 8.78 Å². The number of rotatable bonds is 8. The molecule has 0 spiro atoms. The van der Waals surface area contributed by atoms with E-state index in [1.54, 1.807) is 12.1 Å². The molecule has 0 atom stereocenters. The molecule has 0 radical (unpaired) electrons. The lowest BCUT2D eigenvalue weighted by atomic mass is 10.1. The molecular formula is C18H17F2NO6S. The number of carbonyl (C=O) groups excluding carboxylic acids is 1. The van der Waals surface area contributed by atoms with Gasteiger partial charge >= 0.3 is 12.6 Å². The number of hydrogen-bond donors (Lipinski definition) is 2. The first-order chi connectivity index (χ1) is 13.1. The van der Waals surface area contributed by atoms with E-state index >= 15 is 0 Å². The van der Waals surface area contributed by atoms with Crippen molar-refractivity contribution in [2.45, 2.75) is 25.0 Å². The number of benzene rings is 2. The van der Waals surface area contributed by atoms with Gasteiger partial charge in [-0.2, -0.15) is 8.78 Å². The number of nitrogens with one attached hydrogen (secondary N) is 1. The van der Waals surface area contributed by atoms with Gasteiger partial charge in [-0.25, -0.2) is 13.2 Å². The number of carboxylic acid groups (broad SMARTS) is 1. The molecular weight excluding hydrogens is 396 g/mol. The lowest BCUT2D eigenvalue weighted by Gasteiger charge is -2.10. The molecule has 2 rings (SSSR count). The Kier molecular flexibility index (Phi) is 6.68. The average Bonchev–Trinajstić information content (AvgIpc) is 2.66. The van der Waals surface area contributed by atoms with Crippen molar-refractivity contribution in [3.63, 3.8) is 0 Å². The molecule has 0 aliphatic heterocycles. The van der Waals surface area contributed by atoms with Crippen molar-refractivity contribution in [2.24, 2.45) is 0 Å². The van der Waals surface area contributed by atoms with Gasteiger partial charge in [0.15, 0.2) is 9.84 Å². The maximum absolute atomic E-state index is 12.3. The lowest BCUT2D eigenvalue weighted by Crippen LogP contribution is -2.23. The number of carbonyl (C=O) groups is 2. The number of aromatic carboxylic acids is 1. The predicted molar refractivity (Wildman–Crippen MR) is 95.4 cm³/mol. The maximum Gasteiger partial charge on any atom is 0.387 e. The molecule has 2 aromatic carbocycles. The molecule has 0 fully saturated rings. The summed E-state index contributed by atoms with van der Waals surface area (Å²) < 4.78 is 52.3. The number of halogens is 2. The Labute approximate surface area is 159 Å². The summed E-state index contributed by atoms with van der Waals surface area (Å²) in [5, 5.41) is 11.6. The third-order valence-electron chi connectivity index (χ3n) is 3.80. The van der Waals surface area contributed by atoms with Crippen molar-refractivity contribution < 1.29 is 36.6 Å². The largest absolute Gasteiger partial charge is 0.478 e. The molecule has 0 unspecified atom stereocenters. The first-order valence-corrected chi connectivity index (χ1v) is 9.71. The number of amides is 1. The first kappa shape index (κ1) is 21.3. The highest BCUT2D eigenvalue weighted by atomic mass is 32.2. The molecule has 2 N–H and O–H groups in total. The number of hydrogen-bond acceptors (Lipinski definition) is 5. The lowest BCUT2D eigenvalue weighted by molar-refractivity contribution is -0.0503. The molecule has 7 nitrogen and oxygen atoms in total. The van der Waals surface area contributed by atoms with Crippen LogP contribution in [0.5, 0.6) is 5.75 Å². The summed E-state index contributed by atoms with van der Waals surface area (Å²) in [7, 11) is -3.32. The molecule has 0 aliphatic carbocycles. The third-order valence-corrected chi connectivity index (χ3v) is 5.55. The summed E-state index contributed by atoms with van der Waals surface area (Å²) in [5.41, 5.74) is 0.00536. The molecule has 0 saturated heterocycles. The zero-order valence-electron chi connectivity index (χ0n) is 14.7. The van der Waals surface area contributed by atoms with Gasteiger partial charge in [0.1, 0.15) is 11.3 Å². The maximum atomic E-state index is 12.3. The van der Waals surface area contributed by atoms with Crippen LogP contribution < -0.4 is 10.1 Å². The van der Waals surface area contributed by atoms with Gasteiger partial charge < -0.3 is 15.2 Å². The van der Waals surface area contributed by atoms with Crippen LogP contribution in [0.2, 0.25) is 0 Å². The van der Waals surface area contributed by atoms with E-state index in [1.165, 1.54) is 19.1 Å². The van der Waals surface area contributed by atoms with E-state index in [-0.39, 0.29) is 22.8 Å². The second-order valence-corrected chi connectivity index (χ2v) is 7.90. The summed E-state index contributed by atoms with van der Waals surface area (Å²) in [6.45, 7) is -1.60. The molecule has 0 bridgehead atoms. The monoisotopic (exact) mass is 413 g/mol. The first-order valence-electron chi connectivity index (χ1n) is 8.06. The van der Waals surface area contributed by atoms with Crippen LogP contribution in [0.3, 0.4) is 0 Å². The summed E-state index contributed by atoms with van der Waals surface area (Å²) in [4.78, 5) is 23.6. The standard InChI is InChI=1S/C18H17F2NO6S/c1-2-28(25,26)13-6-3-11(4-7-13)10-21-16(22)12-5-8-15(27-18(19)20)14(9-12)17(23)24/h3-9,18H,2,10H2,1H3,(H,21,22)(H,23,24). The zero-order chi connectivity index (χ0) is 20.9. The van der Waals surface area contributed by atoms with Crippen LogP contribution in [0, 0.1) is 0 Å². The summed E-state index contributed by atoms with van der Waals surface area (Å²) in [5.74, 6) is -2.72. The van der Waals surface area contributed by atoms with E-state index < -0.39 is 39.6 Å². The quantitative estimate of drug-likeness (QED) is 0.689. The molecule has 150 valence electrons. The highest BCUT2D eigenvalue weighted by molar-refractivity contribution is 7.91. The van der Waals surface area contributed by atoms with Gasteiger partial charge in [0, 0.05) is 12.1 Å². The van der Waals surface area contributed by atoms with Crippen molar-refractivity contribution in [3.8, 4) is 5.75 Å². The number of alkyl halides is 2. The molecule has 2 aromatic rings. The second kappa shape index (κ2) is 8.79. The van der Waals surface area contributed by atoms with Gasteiger partial charge in [0.25, 0.3) is 5.91 Å². The van der Waals surface area contributed by atoms with E-state index in [4.69, 9.17) is 5.11 Å². The van der Waals surface area contributed by atoms with E-state index in [0.29, 0.717) is 5.56 Å². The van der Waals surface area contributed by atoms with Crippen LogP contribution in [-0.2, 0) is 16.4 Å². The van der Waals surface area contributed by atoms with Crippen molar-refractivity contribution >= 4 is 21.7 Å². The second-order valence-electron chi connectivity index (χ2n) is 5.62. The van der Waals surface area contributed by atoms with Crippen LogP contribution >= 0.6 is 0 Å². The fourth-order valence-electron chi connectivity index (χ4n) is 2.30. The molecule has 0 saturated carbocycles. The van der Waals surface area contributed by atoms with Crippen molar-refractivity contribution in [1.29, 1.82) is 0 Å². The Morgan fingerprint density at radius 3 is 2.32 bits per heavy atom. The fraction of sp³-hybridized carbons (Fsp3) is 0.222. The predicted octanol–water partition coefficient (Wildman–Crippen LogP) is 2.71. The van der Waals surface area contributed by atoms with Crippen LogP contribution in [0.15, 0.2) is 47.4 Å². The van der Waals surface area contributed by atoms with Gasteiger partial charge in [-0.3, -0.25) is 4.79 Å². The van der Waals surface area contributed by atoms with Gasteiger partial charge in [0.2, 0.25) is 0 Å². The van der Waals surface area contributed by atoms with E-state index in [9.17, 15) is 26.8 Å². The van der Waals surface area contributed by atoms with Crippen molar-refractivity contribution in [1.82, 2.24) is 5.32 Å². The van der Waals surface area contributed by atoms with Gasteiger partial charge in [-0.1, -0.05) is 19.1 Å². The zero-order valence-corrected chi connectivity index (χ0v) is 15.5. The fourth-order valence-corrected chi connectivity index (χ4v) is 3.19. The molecule has 0 aromatic heterocycles. The molecule has 10 heteroatoms. The van der Waals surface area contributed by atoms with E-state index in [1.807, 2.05) is 0 Å². The third kappa shape index (κ3) is 5.26. The Morgan fingerprint density at radius 1 is 1.14 bits per heavy atom. The highest BCUT2D eigenvalue weighted by Crippen LogP contribution is 2.22. The molecule has 1 amide bonds. The van der Waals surface area contributed by atoms with Crippen molar-refractivity contribution in [2.75, 3.05) is 5.75 Å². The van der Waals surface area contributed by atoms with Crippen LogP contribution in [-0.4, -0.2) is 37.8 Å². The topological polar surface area (TPSA) is 110 Å². The minimum absolute atomic E-state index is 0.0275. The minimum Gasteiger partial charge on any atom is -0.478 e. The Hall–Kier alpha value is -3.01. The molecule has 28 heavy (non-hydrogen) atoms. The number of ether oxygens (including phenoxy) is 1. The minimum atomic E-state index is -3.32. The molecule has 0 heterocycles. The van der Waals surface area contributed by atoms with Crippen molar-refractivity contribution in [3.05, 3.63) is 59.2 Å². The Bertz CT molecular complexity index is 974. The van der Waals surface area contributed by atoms with Gasteiger partial charge in [-0.05, 0) is 35.9 Å². The van der Waals surface area contributed by atoms with Crippen LogP contribution in [0.1, 0.15) is 33.2 Å². The average molecular weight is 413 g/mol. The van der Waals surface area contributed by atoms with Gasteiger partial charge in [-0.15, -0.1) is 0 Å². The number of sulfone groups is 1. The number of carboxylic acids is 1. The van der Waals surface area contributed by atoms with E-state index in [2.05, 4.69) is 10.1 Å². The normalized spacial score (nSPS) is 11.3. The molecule has 0 aliphatic rings. The summed E-state index contributed by atoms with van der Waals surface area (Å²) >= 11 is 0. The summed E-state index contributed by atoms with van der Waals surface area (Å²) in [6.07, 6.45) is 0. The Morgan fingerprint density at radius 2 is 1.79 bits per heavy atom. The summed E-state index contributed by atoms with van der Waals surface area (Å²) in [6, 6.07) is 9.03.